The standard InChI is InChI=1S/C18H26N2O5.C7H14O2.C2H6/c1-12-7-6-8-13(9-12)14(10-15(21)24-5)20-17(23)19-11-16(22)25-18(2,3)4;1-5-6(8)9-7(2,3)4;1-2/h6-9,14H,10-11H2,1-5H3,(H2,19,20,23);5H2,1-4H3;1-2H3. The van der Waals surface area contributed by atoms with E-state index >= 15 is 0 Å². The zero-order valence-corrected chi connectivity index (χ0v) is 23.9. The molecule has 0 bridgehead atoms. The maximum absolute atomic E-state index is 12.1. The molecule has 1 atom stereocenters. The van der Waals surface area contributed by atoms with Gasteiger partial charge in [-0.2, -0.15) is 0 Å². The molecule has 206 valence electrons. The fourth-order valence-electron chi connectivity index (χ4n) is 2.54. The second-order valence-corrected chi connectivity index (χ2v) is 9.60. The van der Waals surface area contributed by atoms with Gasteiger partial charge in [0.1, 0.15) is 17.7 Å². The van der Waals surface area contributed by atoms with Crippen LogP contribution in [0.25, 0.3) is 0 Å². The predicted molar refractivity (Wildman–Crippen MR) is 140 cm³/mol. The summed E-state index contributed by atoms with van der Waals surface area (Å²) in [6.07, 6.45) is 0.442. The zero-order valence-electron chi connectivity index (χ0n) is 23.9. The minimum absolute atomic E-state index is 0.0141. The van der Waals surface area contributed by atoms with Crippen molar-refractivity contribution in [2.24, 2.45) is 0 Å². The lowest BCUT2D eigenvalue weighted by Crippen LogP contribution is -2.42. The van der Waals surface area contributed by atoms with Gasteiger partial charge in [-0.05, 0) is 54.0 Å². The number of rotatable bonds is 7. The molecule has 0 spiro atoms. The molecule has 0 saturated heterocycles. The van der Waals surface area contributed by atoms with E-state index in [4.69, 9.17) is 9.47 Å². The van der Waals surface area contributed by atoms with Crippen molar-refractivity contribution in [3.63, 3.8) is 0 Å². The summed E-state index contributed by atoms with van der Waals surface area (Å²) in [5.74, 6) is -1.12. The van der Waals surface area contributed by atoms with E-state index in [0.29, 0.717) is 6.42 Å². The third-order valence-corrected chi connectivity index (χ3v) is 3.87. The predicted octanol–water partition coefficient (Wildman–Crippen LogP) is 5.00. The Morgan fingerprint density at radius 1 is 0.889 bits per heavy atom. The Morgan fingerprint density at radius 3 is 1.83 bits per heavy atom. The molecule has 1 unspecified atom stereocenters. The van der Waals surface area contributed by atoms with Crippen LogP contribution in [-0.4, -0.2) is 48.8 Å². The number of esters is 3. The molecule has 1 aromatic carbocycles. The summed E-state index contributed by atoms with van der Waals surface area (Å²) in [7, 11) is 1.29. The van der Waals surface area contributed by atoms with Gasteiger partial charge in [-0.1, -0.05) is 50.6 Å². The molecule has 0 aliphatic carbocycles. The average molecular weight is 511 g/mol. The molecule has 1 aromatic rings. The van der Waals surface area contributed by atoms with E-state index < -0.39 is 29.6 Å². The van der Waals surface area contributed by atoms with E-state index in [1.54, 1.807) is 27.7 Å². The van der Waals surface area contributed by atoms with Crippen LogP contribution in [0.2, 0.25) is 0 Å². The third-order valence-electron chi connectivity index (χ3n) is 3.87. The highest BCUT2D eigenvalue weighted by molar-refractivity contribution is 5.81. The lowest BCUT2D eigenvalue weighted by molar-refractivity contribution is -0.155. The van der Waals surface area contributed by atoms with Crippen LogP contribution in [0.4, 0.5) is 4.79 Å². The van der Waals surface area contributed by atoms with Crippen LogP contribution in [0.1, 0.15) is 92.3 Å². The van der Waals surface area contributed by atoms with Crippen molar-refractivity contribution in [2.75, 3.05) is 13.7 Å². The molecule has 0 aromatic heterocycles. The quantitative estimate of drug-likeness (QED) is 0.391. The number of hydrogen-bond donors (Lipinski definition) is 2. The number of aryl methyl sites for hydroxylation is 1. The molecular weight excluding hydrogens is 464 g/mol. The fourth-order valence-corrected chi connectivity index (χ4v) is 2.54. The number of carbonyl (C=O) groups is 4. The molecule has 2 N–H and O–H groups in total. The molecular formula is C27H46N2O7. The van der Waals surface area contributed by atoms with Crippen molar-refractivity contribution in [3.8, 4) is 0 Å². The number of amides is 2. The van der Waals surface area contributed by atoms with Crippen LogP contribution in [0, 0.1) is 6.92 Å². The number of benzene rings is 1. The van der Waals surface area contributed by atoms with Gasteiger partial charge in [-0.15, -0.1) is 0 Å². The van der Waals surface area contributed by atoms with Crippen LogP contribution in [0.15, 0.2) is 24.3 Å². The summed E-state index contributed by atoms with van der Waals surface area (Å²) in [6.45, 7) is 18.3. The van der Waals surface area contributed by atoms with Crippen molar-refractivity contribution in [1.82, 2.24) is 10.6 Å². The summed E-state index contributed by atoms with van der Waals surface area (Å²) in [6, 6.07) is 6.32. The minimum Gasteiger partial charge on any atom is -0.469 e. The van der Waals surface area contributed by atoms with Crippen LogP contribution >= 0.6 is 0 Å². The Balaban J connectivity index is 0. The highest BCUT2D eigenvalue weighted by atomic mass is 16.6. The van der Waals surface area contributed by atoms with Gasteiger partial charge < -0.3 is 24.8 Å². The normalized spacial score (nSPS) is 11.3. The first-order chi connectivity index (χ1) is 16.6. The van der Waals surface area contributed by atoms with E-state index in [0.717, 1.165) is 11.1 Å². The molecule has 0 aliphatic rings. The second-order valence-electron chi connectivity index (χ2n) is 9.60. The number of urea groups is 1. The van der Waals surface area contributed by atoms with Gasteiger partial charge in [0.2, 0.25) is 0 Å². The van der Waals surface area contributed by atoms with Gasteiger partial charge in [-0.25, -0.2) is 4.79 Å². The van der Waals surface area contributed by atoms with Crippen molar-refractivity contribution in [1.29, 1.82) is 0 Å². The molecule has 1 rings (SSSR count). The lowest BCUT2D eigenvalue weighted by atomic mass is 10.0. The van der Waals surface area contributed by atoms with E-state index in [9.17, 15) is 19.2 Å². The average Bonchev–Trinajstić information content (AvgIpc) is 2.76. The van der Waals surface area contributed by atoms with E-state index in [1.165, 1.54) is 7.11 Å². The highest BCUT2D eigenvalue weighted by Gasteiger charge is 2.21. The maximum Gasteiger partial charge on any atom is 0.325 e. The molecule has 0 fully saturated rings. The van der Waals surface area contributed by atoms with Gasteiger partial charge >= 0.3 is 23.9 Å². The minimum atomic E-state index is -0.621. The smallest absolute Gasteiger partial charge is 0.325 e. The topological polar surface area (TPSA) is 120 Å². The fraction of sp³-hybridized carbons (Fsp3) is 0.630. The van der Waals surface area contributed by atoms with Crippen LogP contribution in [0.3, 0.4) is 0 Å². The summed E-state index contributed by atoms with van der Waals surface area (Å²) < 4.78 is 14.8. The number of hydrogen-bond acceptors (Lipinski definition) is 7. The van der Waals surface area contributed by atoms with Gasteiger partial charge in [0, 0.05) is 6.42 Å². The number of ether oxygens (including phenoxy) is 3. The SMILES string of the molecule is CC.CCC(=O)OC(C)(C)C.COC(=O)CC(NC(=O)NCC(=O)OC(C)(C)C)c1cccc(C)c1. The van der Waals surface area contributed by atoms with E-state index in [2.05, 4.69) is 15.4 Å². The van der Waals surface area contributed by atoms with Crippen LogP contribution in [0.5, 0.6) is 0 Å². The lowest BCUT2D eigenvalue weighted by Gasteiger charge is -2.21. The molecule has 0 aliphatic heterocycles. The van der Waals surface area contributed by atoms with Gasteiger partial charge in [0.15, 0.2) is 0 Å². The Kier molecular flexibility index (Phi) is 16.9. The second kappa shape index (κ2) is 17.3. The summed E-state index contributed by atoms with van der Waals surface area (Å²) >= 11 is 0. The molecule has 0 saturated carbocycles. The molecule has 0 radical (unpaired) electrons. The monoisotopic (exact) mass is 510 g/mol. The summed E-state index contributed by atoms with van der Waals surface area (Å²) in [5, 5.41) is 5.12. The summed E-state index contributed by atoms with van der Waals surface area (Å²) in [4.78, 5) is 45.9. The van der Waals surface area contributed by atoms with Gasteiger partial charge in [0.05, 0.1) is 19.6 Å². The number of carbonyl (C=O) groups excluding carboxylic acids is 4. The van der Waals surface area contributed by atoms with Crippen molar-refractivity contribution < 1.29 is 33.4 Å². The molecule has 36 heavy (non-hydrogen) atoms. The van der Waals surface area contributed by atoms with E-state index in [-0.39, 0.29) is 24.5 Å². The van der Waals surface area contributed by atoms with Crippen molar-refractivity contribution in [3.05, 3.63) is 35.4 Å². The highest BCUT2D eigenvalue weighted by Crippen LogP contribution is 2.18. The molecule has 9 nitrogen and oxygen atoms in total. The summed E-state index contributed by atoms with van der Waals surface area (Å²) in [5.41, 5.74) is 0.832. The molecule has 9 heteroatoms. The Labute approximate surface area is 216 Å². The zero-order chi connectivity index (χ0) is 28.5. The first-order valence-electron chi connectivity index (χ1n) is 12.2. The Hall–Kier alpha value is -3.10. The largest absolute Gasteiger partial charge is 0.469 e. The van der Waals surface area contributed by atoms with Crippen molar-refractivity contribution >= 4 is 23.9 Å². The first-order valence-corrected chi connectivity index (χ1v) is 12.2. The molecule has 0 heterocycles. The number of methoxy groups -OCH3 is 1. The Bertz CT molecular complexity index is 824. The first kappa shape index (κ1) is 35.1. The Morgan fingerprint density at radius 2 is 1.42 bits per heavy atom. The van der Waals surface area contributed by atoms with E-state index in [1.807, 2.05) is 65.8 Å². The third kappa shape index (κ3) is 19.2. The van der Waals surface area contributed by atoms with Crippen molar-refractivity contribution in [2.45, 2.75) is 99.3 Å². The van der Waals surface area contributed by atoms with Crippen LogP contribution < -0.4 is 10.6 Å². The van der Waals surface area contributed by atoms with Crippen LogP contribution in [-0.2, 0) is 28.6 Å². The van der Waals surface area contributed by atoms with Gasteiger partial charge in [0.25, 0.3) is 0 Å². The van der Waals surface area contributed by atoms with Gasteiger partial charge in [-0.3, -0.25) is 14.4 Å². The molecule has 2 amide bonds. The number of nitrogens with one attached hydrogen (secondary N) is 2. The maximum atomic E-state index is 12.1.